The molecule has 8 nitrogen and oxygen atoms in total. The van der Waals surface area contributed by atoms with Gasteiger partial charge in [0.15, 0.2) is 5.82 Å². The fourth-order valence-electron chi connectivity index (χ4n) is 1.51. The van der Waals surface area contributed by atoms with Crippen molar-refractivity contribution in [1.82, 2.24) is 20.4 Å². The topological polar surface area (TPSA) is 109 Å². The van der Waals surface area contributed by atoms with E-state index < -0.39 is 18.0 Å². The minimum atomic E-state index is -0.996. The minimum absolute atomic E-state index is 0.0905. The summed E-state index contributed by atoms with van der Waals surface area (Å²) in [6.45, 7) is 1.76. The van der Waals surface area contributed by atoms with Crippen LogP contribution in [0.1, 0.15) is 11.7 Å². The Labute approximate surface area is 107 Å². The molecule has 2 N–H and O–H groups in total. The molecule has 0 spiro atoms. The standard InChI is InChI=1S/C9H12N4O4S/c1-5-11-7(17-12-5)2-10-9(16)13-4-18-3-6(13)8(14)15/h6H,2-4H2,1H3,(H,10,16)(H,14,15)/t6-/m0/s1. The van der Waals surface area contributed by atoms with Crippen molar-refractivity contribution in [2.45, 2.75) is 19.5 Å². The fourth-order valence-corrected chi connectivity index (χ4v) is 2.66. The second kappa shape index (κ2) is 5.25. The first-order chi connectivity index (χ1) is 8.58. The Morgan fingerprint density at radius 3 is 3.06 bits per heavy atom. The third-order valence-electron chi connectivity index (χ3n) is 2.39. The number of aryl methyl sites for hydroxylation is 1. The zero-order valence-electron chi connectivity index (χ0n) is 9.62. The lowest BCUT2D eigenvalue weighted by Gasteiger charge is -2.20. The van der Waals surface area contributed by atoms with Gasteiger partial charge < -0.3 is 19.8 Å². The first-order valence-corrected chi connectivity index (χ1v) is 6.37. The van der Waals surface area contributed by atoms with E-state index in [1.165, 1.54) is 16.7 Å². The second-order valence-corrected chi connectivity index (χ2v) is 4.72. The van der Waals surface area contributed by atoms with Crippen molar-refractivity contribution in [3.05, 3.63) is 11.7 Å². The van der Waals surface area contributed by atoms with Gasteiger partial charge in [0, 0.05) is 5.75 Å². The van der Waals surface area contributed by atoms with Crippen LogP contribution in [-0.2, 0) is 11.3 Å². The number of carbonyl (C=O) groups is 2. The van der Waals surface area contributed by atoms with Gasteiger partial charge in [0.1, 0.15) is 6.04 Å². The van der Waals surface area contributed by atoms with Crippen molar-refractivity contribution >= 4 is 23.8 Å². The maximum Gasteiger partial charge on any atom is 0.327 e. The van der Waals surface area contributed by atoms with Crippen molar-refractivity contribution in [2.24, 2.45) is 0 Å². The fraction of sp³-hybridized carbons (Fsp3) is 0.556. The van der Waals surface area contributed by atoms with E-state index in [9.17, 15) is 9.59 Å². The average molecular weight is 272 g/mol. The lowest BCUT2D eigenvalue weighted by Crippen LogP contribution is -2.46. The summed E-state index contributed by atoms with van der Waals surface area (Å²) < 4.78 is 4.84. The lowest BCUT2D eigenvalue weighted by molar-refractivity contribution is -0.140. The van der Waals surface area contributed by atoms with Crippen molar-refractivity contribution in [1.29, 1.82) is 0 Å². The van der Waals surface area contributed by atoms with E-state index in [4.69, 9.17) is 9.63 Å². The predicted molar refractivity (Wildman–Crippen MR) is 61.9 cm³/mol. The number of aromatic nitrogens is 2. The van der Waals surface area contributed by atoms with Gasteiger partial charge in [-0.2, -0.15) is 4.98 Å². The summed E-state index contributed by atoms with van der Waals surface area (Å²) in [6, 6.07) is -1.22. The minimum Gasteiger partial charge on any atom is -0.480 e. The SMILES string of the molecule is Cc1noc(CNC(=O)N2CSC[C@H]2C(=O)O)n1. The number of thioether (sulfide) groups is 1. The molecule has 2 heterocycles. The van der Waals surface area contributed by atoms with Gasteiger partial charge in [-0.05, 0) is 6.92 Å². The van der Waals surface area contributed by atoms with Crippen LogP contribution >= 0.6 is 11.8 Å². The molecule has 0 bridgehead atoms. The number of carboxylic acids is 1. The number of urea groups is 1. The van der Waals surface area contributed by atoms with E-state index in [0.717, 1.165) is 0 Å². The molecule has 1 aliphatic rings. The third-order valence-corrected chi connectivity index (χ3v) is 3.40. The Morgan fingerprint density at radius 2 is 2.44 bits per heavy atom. The van der Waals surface area contributed by atoms with Gasteiger partial charge in [-0.25, -0.2) is 9.59 Å². The van der Waals surface area contributed by atoms with Crippen molar-refractivity contribution in [2.75, 3.05) is 11.6 Å². The van der Waals surface area contributed by atoms with Crippen LogP contribution in [0.4, 0.5) is 4.79 Å². The molecule has 1 aromatic rings. The molecule has 9 heteroatoms. The molecule has 2 amide bonds. The third kappa shape index (κ3) is 2.73. The molecule has 1 fully saturated rings. The van der Waals surface area contributed by atoms with E-state index in [-0.39, 0.29) is 6.54 Å². The highest BCUT2D eigenvalue weighted by atomic mass is 32.2. The maximum atomic E-state index is 11.8. The summed E-state index contributed by atoms with van der Waals surface area (Å²) in [7, 11) is 0. The van der Waals surface area contributed by atoms with Gasteiger partial charge in [-0.15, -0.1) is 11.8 Å². The average Bonchev–Trinajstić information content (AvgIpc) is 2.94. The molecule has 18 heavy (non-hydrogen) atoms. The molecule has 0 saturated carbocycles. The highest BCUT2D eigenvalue weighted by Crippen LogP contribution is 2.20. The molecule has 1 saturated heterocycles. The quantitative estimate of drug-likeness (QED) is 0.800. The van der Waals surface area contributed by atoms with Gasteiger partial charge in [-0.3, -0.25) is 0 Å². The molecule has 98 valence electrons. The van der Waals surface area contributed by atoms with Gasteiger partial charge in [-0.1, -0.05) is 5.16 Å². The van der Waals surface area contributed by atoms with Crippen LogP contribution in [0, 0.1) is 6.92 Å². The van der Waals surface area contributed by atoms with Gasteiger partial charge in [0.2, 0.25) is 5.89 Å². The Bertz CT molecular complexity index is 463. The number of hydrogen-bond donors (Lipinski definition) is 2. The summed E-state index contributed by atoms with van der Waals surface area (Å²) in [5.41, 5.74) is 0. The molecule has 0 aromatic carbocycles. The second-order valence-electron chi connectivity index (χ2n) is 3.72. The Hall–Kier alpha value is -1.77. The maximum absolute atomic E-state index is 11.8. The first kappa shape index (κ1) is 12.7. The lowest BCUT2D eigenvalue weighted by atomic mass is 10.3. The number of amides is 2. The number of nitrogens with one attached hydrogen (secondary N) is 1. The monoisotopic (exact) mass is 272 g/mol. The van der Waals surface area contributed by atoms with E-state index >= 15 is 0 Å². The number of carbonyl (C=O) groups excluding carboxylic acids is 1. The zero-order valence-corrected chi connectivity index (χ0v) is 10.4. The van der Waals surface area contributed by atoms with Crippen molar-refractivity contribution < 1.29 is 19.2 Å². The molecule has 1 aliphatic heterocycles. The van der Waals surface area contributed by atoms with Crippen LogP contribution < -0.4 is 5.32 Å². The van der Waals surface area contributed by atoms with Crippen LogP contribution in [0.15, 0.2) is 4.52 Å². The zero-order chi connectivity index (χ0) is 13.1. The molecular weight excluding hydrogens is 260 g/mol. The van der Waals surface area contributed by atoms with Crippen LogP contribution in [0.2, 0.25) is 0 Å². The summed E-state index contributed by atoms with van der Waals surface area (Å²) in [5.74, 6) is 0.552. The predicted octanol–water partition coefficient (Wildman–Crippen LogP) is 0.0471. The summed E-state index contributed by atoms with van der Waals surface area (Å²) >= 11 is 1.41. The highest BCUT2D eigenvalue weighted by molar-refractivity contribution is 7.99. The van der Waals surface area contributed by atoms with Crippen LogP contribution in [0.3, 0.4) is 0 Å². The van der Waals surface area contributed by atoms with Gasteiger partial charge in [0.25, 0.3) is 0 Å². The van der Waals surface area contributed by atoms with Crippen LogP contribution in [0.25, 0.3) is 0 Å². The van der Waals surface area contributed by atoms with Gasteiger partial charge >= 0.3 is 12.0 Å². The smallest absolute Gasteiger partial charge is 0.327 e. The molecule has 0 radical (unpaired) electrons. The molecular formula is C9H12N4O4S. The number of aliphatic carboxylic acids is 1. The summed E-state index contributed by atoms with van der Waals surface area (Å²) in [5, 5.41) is 15.1. The Balaban J connectivity index is 1.89. The number of rotatable bonds is 3. The normalized spacial score (nSPS) is 18.9. The van der Waals surface area contributed by atoms with Crippen LogP contribution in [0.5, 0.6) is 0 Å². The first-order valence-electron chi connectivity index (χ1n) is 5.22. The Kier molecular flexibility index (Phi) is 3.70. The van der Waals surface area contributed by atoms with E-state index in [0.29, 0.717) is 23.3 Å². The number of carboxylic acid groups (broad SMARTS) is 1. The highest BCUT2D eigenvalue weighted by Gasteiger charge is 2.34. The number of hydrogen-bond acceptors (Lipinski definition) is 6. The molecule has 1 aromatic heterocycles. The Morgan fingerprint density at radius 1 is 1.67 bits per heavy atom. The van der Waals surface area contributed by atoms with E-state index in [2.05, 4.69) is 15.5 Å². The number of nitrogens with zero attached hydrogens (tertiary/aromatic N) is 3. The van der Waals surface area contributed by atoms with E-state index in [1.807, 2.05) is 0 Å². The molecule has 0 aliphatic carbocycles. The van der Waals surface area contributed by atoms with Crippen molar-refractivity contribution in [3.63, 3.8) is 0 Å². The van der Waals surface area contributed by atoms with Gasteiger partial charge in [0.05, 0.1) is 12.4 Å². The van der Waals surface area contributed by atoms with Crippen LogP contribution in [-0.4, -0.2) is 49.8 Å². The molecule has 1 atom stereocenters. The molecule has 2 rings (SSSR count). The summed E-state index contributed by atoms with van der Waals surface area (Å²) in [4.78, 5) is 27.9. The van der Waals surface area contributed by atoms with E-state index in [1.54, 1.807) is 6.92 Å². The van der Waals surface area contributed by atoms with Crippen molar-refractivity contribution in [3.8, 4) is 0 Å². The largest absolute Gasteiger partial charge is 0.480 e. The summed E-state index contributed by atoms with van der Waals surface area (Å²) in [6.07, 6.45) is 0. The molecule has 0 unspecified atom stereocenters.